The van der Waals surface area contributed by atoms with E-state index in [4.69, 9.17) is 0 Å². The molecule has 9 heteroatoms. The van der Waals surface area contributed by atoms with Gasteiger partial charge in [-0.2, -0.15) is 0 Å². The first-order valence-corrected chi connectivity index (χ1v) is 19.5. The van der Waals surface area contributed by atoms with Crippen LogP contribution in [0.3, 0.4) is 0 Å². The van der Waals surface area contributed by atoms with Gasteiger partial charge in [-0.3, -0.25) is 9.59 Å². The van der Waals surface area contributed by atoms with Crippen molar-refractivity contribution in [3.63, 3.8) is 0 Å². The van der Waals surface area contributed by atoms with Crippen LogP contribution in [0.15, 0.2) is 12.2 Å². The van der Waals surface area contributed by atoms with Crippen LogP contribution in [0.5, 0.6) is 0 Å². The van der Waals surface area contributed by atoms with Gasteiger partial charge in [0, 0.05) is 28.1 Å². The summed E-state index contributed by atoms with van der Waals surface area (Å²) in [5.74, 6) is -2.73. The van der Waals surface area contributed by atoms with Gasteiger partial charge in [0.05, 0.1) is 12.5 Å². The largest absolute Gasteiger partial charge is 0.481 e. The standard InChI is InChI=1S/C24H45NO6Si2/c1-23(12-9-8-10-19(26)11-13-23)21(29)25(15-17-33(5,6)7)24(22(30)31,18-20(27)28)14-16-32(2,3)4/h8,10,19,26H,9,11-18H2,1-7H3,(H,27,28)(H,30,31)/b10-8+/t19-,23+,24-/m0/s1. The minimum absolute atomic E-state index is 0.139. The second-order valence-corrected chi connectivity index (χ2v) is 23.6. The first-order chi connectivity index (χ1) is 14.9. The van der Waals surface area contributed by atoms with Crippen molar-refractivity contribution in [3.05, 3.63) is 12.2 Å². The number of hydrogen-bond acceptors (Lipinski definition) is 4. The van der Waals surface area contributed by atoms with Crippen LogP contribution in [0.25, 0.3) is 0 Å². The second kappa shape index (κ2) is 11.3. The monoisotopic (exact) mass is 499 g/mol. The van der Waals surface area contributed by atoms with Crippen LogP contribution in [-0.4, -0.2) is 72.4 Å². The number of allylic oxidation sites excluding steroid dienone is 1. The van der Waals surface area contributed by atoms with E-state index in [2.05, 4.69) is 39.3 Å². The average molecular weight is 500 g/mol. The molecular formula is C24H45NO6Si2. The molecule has 1 aliphatic rings. The van der Waals surface area contributed by atoms with Gasteiger partial charge >= 0.3 is 11.9 Å². The van der Waals surface area contributed by atoms with Crippen LogP contribution in [0, 0.1) is 5.41 Å². The maximum Gasteiger partial charge on any atom is 0.330 e. The van der Waals surface area contributed by atoms with Gasteiger partial charge in [0.2, 0.25) is 5.91 Å². The molecule has 0 aromatic heterocycles. The molecule has 0 saturated heterocycles. The molecule has 3 N–H and O–H groups in total. The molecule has 0 aromatic rings. The Hall–Kier alpha value is -1.46. The van der Waals surface area contributed by atoms with Crippen molar-refractivity contribution < 1.29 is 29.7 Å². The predicted octanol–water partition coefficient (Wildman–Crippen LogP) is 4.68. The van der Waals surface area contributed by atoms with Crippen molar-refractivity contribution >= 4 is 34.0 Å². The van der Waals surface area contributed by atoms with E-state index >= 15 is 0 Å². The van der Waals surface area contributed by atoms with E-state index in [9.17, 15) is 29.7 Å². The van der Waals surface area contributed by atoms with Gasteiger partial charge < -0.3 is 20.2 Å². The van der Waals surface area contributed by atoms with Crippen LogP contribution in [0.2, 0.25) is 51.4 Å². The molecule has 0 heterocycles. The number of rotatable bonds is 11. The molecule has 0 bridgehead atoms. The maximum atomic E-state index is 14.2. The number of carbonyl (C=O) groups excluding carboxylic acids is 1. The van der Waals surface area contributed by atoms with E-state index in [-0.39, 0.29) is 18.9 Å². The third-order valence-corrected chi connectivity index (χ3v) is 10.2. The van der Waals surface area contributed by atoms with Gasteiger partial charge in [-0.1, -0.05) is 64.4 Å². The molecule has 0 radical (unpaired) electrons. The number of carboxylic acids is 2. The van der Waals surface area contributed by atoms with E-state index < -0.39 is 51.6 Å². The SMILES string of the molecule is C[C@@]1(C(=O)N(CC[Si](C)(C)C)[C@@](CC[Si](C)(C)C)(CC(=O)O)C(=O)O)CC/C=C/[C@H](O)CC1. The number of aliphatic carboxylic acids is 2. The molecule has 190 valence electrons. The number of amides is 1. The normalized spacial score (nSPS) is 24.8. The smallest absolute Gasteiger partial charge is 0.330 e. The van der Waals surface area contributed by atoms with Gasteiger partial charge in [-0.05, 0) is 38.1 Å². The van der Waals surface area contributed by atoms with Gasteiger partial charge in [-0.15, -0.1) is 0 Å². The Morgan fingerprint density at radius 1 is 1.03 bits per heavy atom. The summed E-state index contributed by atoms with van der Waals surface area (Å²) in [5.41, 5.74) is -2.63. The second-order valence-electron chi connectivity index (χ2n) is 12.4. The molecule has 0 aromatic carbocycles. The lowest BCUT2D eigenvalue weighted by molar-refractivity contribution is -0.168. The Bertz CT molecular complexity index is 742. The number of carbonyl (C=O) groups is 3. The number of carboxylic acid groups (broad SMARTS) is 2. The summed E-state index contributed by atoms with van der Waals surface area (Å²) in [6, 6.07) is 1.31. The van der Waals surface area contributed by atoms with Crippen LogP contribution in [-0.2, 0) is 14.4 Å². The highest BCUT2D eigenvalue weighted by Crippen LogP contribution is 2.39. The van der Waals surface area contributed by atoms with Crippen LogP contribution in [0.4, 0.5) is 0 Å². The molecule has 1 amide bonds. The summed E-state index contributed by atoms with van der Waals surface area (Å²) < 4.78 is 0. The highest BCUT2D eigenvalue weighted by molar-refractivity contribution is 6.76. The summed E-state index contributed by atoms with van der Waals surface area (Å²) in [7, 11) is -3.37. The Balaban J connectivity index is 3.57. The molecule has 1 aliphatic carbocycles. The van der Waals surface area contributed by atoms with E-state index in [1.165, 1.54) is 4.90 Å². The third kappa shape index (κ3) is 9.01. The minimum atomic E-state index is -1.78. The lowest BCUT2D eigenvalue weighted by Crippen LogP contribution is -2.62. The lowest BCUT2D eigenvalue weighted by atomic mass is 9.76. The van der Waals surface area contributed by atoms with Crippen molar-refractivity contribution in [2.24, 2.45) is 5.41 Å². The molecule has 3 atom stereocenters. The number of aliphatic hydroxyl groups excluding tert-OH is 1. The van der Waals surface area contributed by atoms with Crippen LogP contribution in [0.1, 0.15) is 45.4 Å². The molecular weight excluding hydrogens is 454 g/mol. The van der Waals surface area contributed by atoms with Gasteiger partial charge in [0.1, 0.15) is 0 Å². The summed E-state index contributed by atoms with van der Waals surface area (Å²) >= 11 is 0. The summed E-state index contributed by atoms with van der Waals surface area (Å²) in [6.45, 7) is 14.9. The van der Waals surface area contributed by atoms with E-state index in [0.29, 0.717) is 37.8 Å². The van der Waals surface area contributed by atoms with Crippen LogP contribution >= 0.6 is 0 Å². The highest BCUT2D eigenvalue weighted by Gasteiger charge is 2.52. The summed E-state index contributed by atoms with van der Waals surface area (Å²) in [6.07, 6.45) is 4.49. The maximum absolute atomic E-state index is 14.2. The minimum Gasteiger partial charge on any atom is -0.481 e. The van der Waals surface area contributed by atoms with Crippen LogP contribution < -0.4 is 0 Å². The number of hydrogen-bond donors (Lipinski definition) is 3. The third-order valence-electron chi connectivity index (χ3n) is 6.71. The van der Waals surface area contributed by atoms with Crippen molar-refractivity contribution in [1.82, 2.24) is 4.90 Å². The number of nitrogens with zero attached hydrogens (tertiary/aromatic N) is 1. The fourth-order valence-corrected chi connectivity index (χ4v) is 6.35. The molecule has 0 spiro atoms. The Morgan fingerprint density at radius 3 is 2.09 bits per heavy atom. The first-order valence-electron chi connectivity index (χ1n) is 12.0. The zero-order valence-corrected chi connectivity index (χ0v) is 23.6. The Kier molecular flexibility index (Phi) is 10.1. The van der Waals surface area contributed by atoms with Gasteiger partial charge in [-0.25, -0.2) is 4.79 Å². The summed E-state index contributed by atoms with van der Waals surface area (Å²) in [4.78, 5) is 40.4. The summed E-state index contributed by atoms with van der Waals surface area (Å²) in [5, 5.41) is 30.4. The molecule has 0 aliphatic heterocycles. The van der Waals surface area contributed by atoms with Crippen molar-refractivity contribution in [3.8, 4) is 0 Å². The topological polar surface area (TPSA) is 115 Å². The zero-order valence-electron chi connectivity index (χ0n) is 21.6. The Morgan fingerprint density at radius 2 is 1.61 bits per heavy atom. The first kappa shape index (κ1) is 29.6. The van der Waals surface area contributed by atoms with Crippen molar-refractivity contribution in [1.29, 1.82) is 0 Å². The fraction of sp³-hybridized carbons (Fsp3) is 0.792. The van der Waals surface area contributed by atoms with Crippen molar-refractivity contribution in [2.75, 3.05) is 6.54 Å². The van der Waals surface area contributed by atoms with Gasteiger partial charge in [0.25, 0.3) is 0 Å². The number of aliphatic hydroxyl groups is 1. The van der Waals surface area contributed by atoms with E-state index in [0.717, 1.165) is 0 Å². The Labute approximate surface area is 201 Å². The average Bonchev–Trinajstić information content (AvgIpc) is 2.64. The molecule has 1 rings (SSSR count). The van der Waals surface area contributed by atoms with Gasteiger partial charge in [0.15, 0.2) is 5.54 Å². The van der Waals surface area contributed by atoms with E-state index in [1.54, 1.807) is 6.08 Å². The molecule has 0 saturated carbocycles. The quantitative estimate of drug-likeness (QED) is 0.281. The fourth-order valence-electron chi connectivity index (χ4n) is 4.29. The molecule has 0 fully saturated rings. The van der Waals surface area contributed by atoms with E-state index in [1.807, 2.05) is 13.0 Å². The zero-order chi connectivity index (χ0) is 25.7. The molecule has 0 unspecified atom stereocenters. The molecule has 33 heavy (non-hydrogen) atoms. The molecule has 7 nitrogen and oxygen atoms in total. The highest BCUT2D eigenvalue weighted by atomic mass is 28.3. The lowest BCUT2D eigenvalue weighted by Gasteiger charge is -2.46. The van der Waals surface area contributed by atoms with Crippen molar-refractivity contribution in [2.45, 2.75) is 108 Å². The predicted molar refractivity (Wildman–Crippen MR) is 137 cm³/mol.